The predicted octanol–water partition coefficient (Wildman–Crippen LogP) is 2.04. The van der Waals surface area contributed by atoms with Gasteiger partial charge in [0.25, 0.3) is 0 Å². The van der Waals surface area contributed by atoms with Gasteiger partial charge in [-0.05, 0) is 57.6 Å². The van der Waals surface area contributed by atoms with Gasteiger partial charge in [-0.2, -0.15) is 0 Å². The van der Waals surface area contributed by atoms with Crippen LogP contribution in [0.15, 0.2) is 24.3 Å². The highest BCUT2D eigenvalue weighted by Crippen LogP contribution is 2.12. The standard InChI is InChI=1S/C14H24N2O/c1-13-6-3-7-14(12-13)17-11-5-10-16(2)9-4-8-15/h3,6-7,12H,4-5,8-11,15H2,1-2H3. The molecular formula is C14H24N2O. The van der Waals surface area contributed by atoms with Crippen LogP contribution in [0.3, 0.4) is 0 Å². The average Bonchev–Trinajstić information content (AvgIpc) is 2.32. The number of rotatable bonds is 8. The van der Waals surface area contributed by atoms with E-state index in [1.807, 2.05) is 12.1 Å². The zero-order valence-electron chi connectivity index (χ0n) is 11.0. The second-order valence-electron chi connectivity index (χ2n) is 4.46. The minimum atomic E-state index is 0.768. The Labute approximate surface area is 105 Å². The van der Waals surface area contributed by atoms with Gasteiger partial charge in [-0.15, -0.1) is 0 Å². The molecule has 96 valence electrons. The zero-order chi connectivity index (χ0) is 12.5. The van der Waals surface area contributed by atoms with Crippen molar-refractivity contribution in [3.05, 3.63) is 29.8 Å². The van der Waals surface area contributed by atoms with E-state index in [2.05, 4.69) is 31.0 Å². The summed E-state index contributed by atoms with van der Waals surface area (Å²) in [5.74, 6) is 0.967. The highest BCUT2D eigenvalue weighted by atomic mass is 16.5. The second kappa shape index (κ2) is 8.09. The number of ether oxygens (including phenoxy) is 1. The third kappa shape index (κ3) is 6.29. The smallest absolute Gasteiger partial charge is 0.119 e. The quantitative estimate of drug-likeness (QED) is 0.702. The van der Waals surface area contributed by atoms with E-state index in [1.165, 1.54) is 5.56 Å². The van der Waals surface area contributed by atoms with Gasteiger partial charge in [0.05, 0.1) is 6.61 Å². The van der Waals surface area contributed by atoms with Crippen molar-refractivity contribution in [2.45, 2.75) is 19.8 Å². The third-order valence-electron chi connectivity index (χ3n) is 2.69. The molecule has 0 heterocycles. The van der Waals surface area contributed by atoms with Gasteiger partial charge >= 0.3 is 0 Å². The first kappa shape index (κ1) is 14.0. The van der Waals surface area contributed by atoms with E-state index in [0.29, 0.717) is 0 Å². The van der Waals surface area contributed by atoms with Gasteiger partial charge in [-0.1, -0.05) is 12.1 Å². The van der Waals surface area contributed by atoms with E-state index in [9.17, 15) is 0 Å². The molecule has 0 aromatic heterocycles. The highest BCUT2D eigenvalue weighted by molar-refractivity contribution is 5.27. The van der Waals surface area contributed by atoms with Crippen LogP contribution in [-0.4, -0.2) is 38.2 Å². The van der Waals surface area contributed by atoms with E-state index in [-0.39, 0.29) is 0 Å². The molecule has 0 fully saturated rings. The van der Waals surface area contributed by atoms with Gasteiger partial charge < -0.3 is 15.4 Å². The second-order valence-corrected chi connectivity index (χ2v) is 4.46. The van der Waals surface area contributed by atoms with Crippen LogP contribution in [0, 0.1) is 6.92 Å². The van der Waals surface area contributed by atoms with E-state index in [1.54, 1.807) is 0 Å². The van der Waals surface area contributed by atoms with Crippen LogP contribution in [0.2, 0.25) is 0 Å². The lowest BCUT2D eigenvalue weighted by Gasteiger charge is -2.16. The van der Waals surface area contributed by atoms with Crippen molar-refractivity contribution in [3.8, 4) is 5.75 Å². The van der Waals surface area contributed by atoms with Crippen molar-refractivity contribution >= 4 is 0 Å². The minimum absolute atomic E-state index is 0.768. The highest BCUT2D eigenvalue weighted by Gasteiger charge is 1.98. The Bertz CT molecular complexity index is 315. The summed E-state index contributed by atoms with van der Waals surface area (Å²) in [4.78, 5) is 2.30. The van der Waals surface area contributed by atoms with E-state index < -0.39 is 0 Å². The molecule has 0 bridgehead atoms. The minimum Gasteiger partial charge on any atom is -0.494 e. The Hall–Kier alpha value is -1.06. The predicted molar refractivity (Wildman–Crippen MR) is 72.5 cm³/mol. The molecule has 0 saturated heterocycles. The fourth-order valence-electron chi connectivity index (χ4n) is 1.70. The number of hydrogen-bond donors (Lipinski definition) is 1. The lowest BCUT2D eigenvalue weighted by Crippen LogP contribution is -2.24. The summed E-state index contributed by atoms with van der Waals surface area (Å²) < 4.78 is 5.69. The Morgan fingerprint density at radius 2 is 2.00 bits per heavy atom. The van der Waals surface area contributed by atoms with Crippen molar-refractivity contribution in [3.63, 3.8) is 0 Å². The zero-order valence-corrected chi connectivity index (χ0v) is 11.0. The lowest BCUT2D eigenvalue weighted by atomic mass is 10.2. The number of nitrogens with two attached hydrogens (primary N) is 1. The summed E-state index contributed by atoms with van der Waals surface area (Å²) >= 11 is 0. The number of aryl methyl sites for hydroxylation is 1. The van der Waals surface area contributed by atoms with E-state index in [4.69, 9.17) is 10.5 Å². The summed E-state index contributed by atoms with van der Waals surface area (Å²) in [7, 11) is 2.13. The van der Waals surface area contributed by atoms with Crippen LogP contribution in [0.1, 0.15) is 18.4 Å². The fourth-order valence-corrected chi connectivity index (χ4v) is 1.70. The molecule has 0 aliphatic rings. The molecule has 0 atom stereocenters. The molecule has 3 heteroatoms. The van der Waals surface area contributed by atoms with Crippen LogP contribution in [0.4, 0.5) is 0 Å². The Kier molecular flexibility index (Phi) is 6.67. The maximum Gasteiger partial charge on any atom is 0.119 e. The van der Waals surface area contributed by atoms with Gasteiger partial charge in [0.15, 0.2) is 0 Å². The molecule has 1 aromatic carbocycles. The van der Waals surface area contributed by atoms with Gasteiger partial charge in [-0.3, -0.25) is 0 Å². The largest absolute Gasteiger partial charge is 0.494 e. The van der Waals surface area contributed by atoms with E-state index in [0.717, 1.165) is 44.8 Å². The van der Waals surface area contributed by atoms with Crippen LogP contribution >= 0.6 is 0 Å². The first-order valence-electron chi connectivity index (χ1n) is 6.30. The molecule has 0 spiro atoms. The van der Waals surface area contributed by atoms with Gasteiger partial charge in [0, 0.05) is 6.54 Å². The van der Waals surface area contributed by atoms with Gasteiger partial charge in [0.2, 0.25) is 0 Å². The molecule has 17 heavy (non-hydrogen) atoms. The molecule has 0 aliphatic carbocycles. The van der Waals surface area contributed by atoms with Gasteiger partial charge in [0.1, 0.15) is 5.75 Å². The summed E-state index contributed by atoms with van der Waals surface area (Å²) in [6, 6.07) is 8.18. The molecule has 0 unspecified atom stereocenters. The van der Waals surface area contributed by atoms with Crippen molar-refractivity contribution in [1.82, 2.24) is 4.90 Å². The van der Waals surface area contributed by atoms with E-state index >= 15 is 0 Å². The summed E-state index contributed by atoms with van der Waals surface area (Å²) in [5, 5.41) is 0. The van der Waals surface area contributed by atoms with Crippen LogP contribution in [-0.2, 0) is 0 Å². The Morgan fingerprint density at radius 3 is 2.71 bits per heavy atom. The monoisotopic (exact) mass is 236 g/mol. The molecule has 1 rings (SSSR count). The SMILES string of the molecule is Cc1cccc(OCCCN(C)CCCN)c1. The maximum absolute atomic E-state index is 5.69. The Morgan fingerprint density at radius 1 is 1.24 bits per heavy atom. The molecule has 0 radical (unpaired) electrons. The molecule has 0 saturated carbocycles. The topological polar surface area (TPSA) is 38.5 Å². The lowest BCUT2D eigenvalue weighted by molar-refractivity contribution is 0.262. The van der Waals surface area contributed by atoms with Crippen LogP contribution < -0.4 is 10.5 Å². The first-order valence-corrected chi connectivity index (χ1v) is 6.30. The summed E-state index contributed by atoms with van der Waals surface area (Å²) in [6.45, 7) is 5.75. The molecule has 0 amide bonds. The summed E-state index contributed by atoms with van der Waals surface area (Å²) in [6.07, 6.45) is 2.12. The molecule has 3 nitrogen and oxygen atoms in total. The van der Waals surface area contributed by atoms with Crippen molar-refractivity contribution < 1.29 is 4.74 Å². The van der Waals surface area contributed by atoms with Crippen molar-refractivity contribution in [1.29, 1.82) is 0 Å². The summed E-state index contributed by atoms with van der Waals surface area (Å²) in [5.41, 5.74) is 6.71. The third-order valence-corrected chi connectivity index (χ3v) is 2.69. The molecular weight excluding hydrogens is 212 g/mol. The average molecular weight is 236 g/mol. The first-order chi connectivity index (χ1) is 8.22. The maximum atomic E-state index is 5.69. The van der Waals surface area contributed by atoms with Crippen LogP contribution in [0.5, 0.6) is 5.75 Å². The molecule has 2 N–H and O–H groups in total. The fraction of sp³-hybridized carbons (Fsp3) is 0.571. The molecule has 0 aliphatic heterocycles. The number of hydrogen-bond acceptors (Lipinski definition) is 3. The Balaban J connectivity index is 2.11. The van der Waals surface area contributed by atoms with Crippen molar-refractivity contribution in [2.75, 3.05) is 33.3 Å². The number of benzene rings is 1. The normalized spacial score (nSPS) is 10.8. The number of nitrogens with zero attached hydrogens (tertiary/aromatic N) is 1. The molecule has 1 aromatic rings. The van der Waals surface area contributed by atoms with Crippen LogP contribution in [0.25, 0.3) is 0 Å². The van der Waals surface area contributed by atoms with Gasteiger partial charge in [-0.25, -0.2) is 0 Å². The van der Waals surface area contributed by atoms with Crippen molar-refractivity contribution in [2.24, 2.45) is 5.73 Å².